The first-order valence-electron chi connectivity index (χ1n) is 6.48. The van der Waals surface area contributed by atoms with Crippen LogP contribution >= 0.6 is 11.8 Å². The highest BCUT2D eigenvalue weighted by Crippen LogP contribution is 2.33. The number of rotatable bonds is 0. The van der Waals surface area contributed by atoms with E-state index in [0.29, 0.717) is 0 Å². The second-order valence-electron chi connectivity index (χ2n) is 4.62. The Morgan fingerprint density at radius 3 is 1.26 bits per heavy atom. The summed E-state index contributed by atoms with van der Waals surface area (Å²) in [4.78, 5) is -0.896. The van der Waals surface area contributed by atoms with Crippen LogP contribution in [0, 0.1) is 20.8 Å². The van der Waals surface area contributed by atoms with Gasteiger partial charge in [0.2, 0.25) is 11.4 Å². The molecule has 118 valence electrons. The van der Waals surface area contributed by atoms with Crippen LogP contribution in [0.2, 0.25) is 0 Å². The summed E-state index contributed by atoms with van der Waals surface area (Å²) < 4.78 is 0. The van der Waals surface area contributed by atoms with Crippen molar-refractivity contribution in [3.05, 3.63) is 90.6 Å². The number of nitrogens with one attached hydrogen (secondary N) is 2. The molecule has 0 aromatic carbocycles. The minimum absolute atomic E-state index is 0.0323. The van der Waals surface area contributed by atoms with Gasteiger partial charge >= 0.3 is 0 Å². The van der Waals surface area contributed by atoms with Crippen molar-refractivity contribution in [1.82, 2.24) is 10.9 Å². The number of nitrogens with zero attached hydrogens (tertiary/aromatic N) is 2. The molecule has 0 bridgehead atoms. The Morgan fingerprint density at radius 1 is 0.609 bits per heavy atom. The van der Waals surface area contributed by atoms with Crippen molar-refractivity contribution in [1.29, 1.82) is 0 Å². The Bertz CT molecular complexity index is 690. The molecule has 0 aromatic heterocycles. The monoisotopic (exact) mass is 330 g/mol. The molecule has 23 heavy (non-hydrogen) atoms. The highest BCUT2D eigenvalue weighted by Gasteiger charge is 2.19. The van der Waals surface area contributed by atoms with Crippen LogP contribution in [0.3, 0.4) is 0 Å². The quantitative estimate of drug-likeness (QED) is 0.508. The van der Waals surface area contributed by atoms with E-state index >= 15 is 0 Å². The molecule has 1 saturated heterocycles. The highest BCUT2D eigenvalue weighted by atomic mass is 32.2. The second-order valence-corrected chi connectivity index (χ2v) is 5.64. The SMILES string of the molecule is [O-][N+]([O-])=C1C=CC(=C2NNC(=C3C=CC(=[N+]([O-])[O-])C=C3)S2)C=C1. The zero-order valence-corrected chi connectivity index (χ0v) is 12.4. The first-order valence-corrected chi connectivity index (χ1v) is 7.29. The third kappa shape index (κ3) is 3.09. The molecule has 0 saturated carbocycles. The van der Waals surface area contributed by atoms with Crippen LogP contribution in [0.5, 0.6) is 0 Å². The van der Waals surface area contributed by atoms with Gasteiger partial charge in [0.25, 0.3) is 0 Å². The molecular formula is C14H10N4O4S-2. The summed E-state index contributed by atoms with van der Waals surface area (Å²) in [7, 11) is 0. The van der Waals surface area contributed by atoms with Crippen LogP contribution in [-0.4, -0.2) is 21.2 Å². The highest BCUT2D eigenvalue weighted by molar-refractivity contribution is 8.07. The fraction of sp³-hybridized carbons (Fsp3) is 0. The number of hydrogen-bond acceptors (Lipinski definition) is 7. The molecule has 0 unspecified atom stereocenters. The van der Waals surface area contributed by atoms with Gasteiger partial charge in [0, 0.05) is 35.5 Å². The first-order chi connectivity index (χ1) is 11.0. The van der Waals surface area contributed by atoms with Crippen molar-refractivity contribution < 1.29 is 9.80 Å². The molecule has 2 N–H and O–H groups in total. The van der Waals surface area contributed by atoms with E-state index in [1.807, 2.05) is 0 Å². The summed E-state index contributed by atoms with van der Waals surface area (Å²) in [5, 5.41) is 44.2. The van der Waals surface area contributed by atoms with E-state index in [0.717, 1.165) is 21.2 Å². The summed E-state index contributed by atoms with van der Waals surface area (Å²) in [6.07, 6.45) is 12.4. The van der Waals surface area contributed by atoms with Crippen molar-refractivity contribution in [2.75, 3.05) is 0 Å². The first kappa shape index (κ1) is 14.9. The number of hydrazine groups is 1. The van der Waals surface area contributed by atoms with Gasteiger partial charge < -0.3 is 20.8 Å². The van der Waals surface area contributed by atoms with Crippen LogP contribution in [-0.2, 0) is 0 Å². The molecule has 3 rings (SSSR count). The van der Waals surface area contributed by atoms with Crippen molar-refractivity contribution in [3.8, 4) is 0 Å². The summed E-state index contributed by atoms with van der Waals surface area (Å²) in [6, 6.07) is 0. The largest absolute Gasteiger partial charge is 0.612 e. The zero-order valence-electron chi connectivity index (χ0n) is 11.6. The Hall–Kier alpha value is -3.07. The average molecular weight is 330 g/mol. The second kappa shape index (κ2) is 5.97. The summed E-state index contributed by atoms with van der Waals surface area (Å²) in [6.45, 7) is 0. The van der Waals surface area contributed by atoms with Gasteiger partial charge in [-0.2, -0.15) is 9.80 Å². The fourth-order valence-electron chi connectivity index (χ4n) is 2.00. The van der Waals surface area contributed by atoms with Crippen molar-refractivity contribution >= 4 is 23.2 Å². The minimum atomic E-state index is -0.448. The predicted molar refractivity (Wildman–Crippen MR) is 88.5 cm³/mol. The van der Waals surface area contributed by atoms with Crippen molar-refractivity contribution in [3.63, 3.8) is 0 Å². The zero-order chi connectivity index (χ0) is 16.4. The Morgan fingerprint density at radius 2 is 0.957 bits per heavy atom. The lowest BCUT2D eigenvalue weighted by Gasteiger charge is -2.09. The van der Waals surface area contributed by atoms with Gasteiger partial charge in [-0.25, -0.2) is 0 Å². The predicted octanol–water partition coefficient (Wildman–Crippen LogP) is 1.40. The van der Waals surface area contributed by atoms with E-state index in [2.05, 4.69) is 10.9 Å². The van der Waals surface area contributed by atoms with E-state index in [-0.39, 0.29) is 11.4 Å². The molecule has 1 aliphatic heterocycles. The summed E-state index contributed by atoms with van der Waals surface area (Å²) in [5.74, 6) is 0. The van der Waals surface area contributed by atoms with Gasteiger partial charge in [-0.05, 0) is 24.3 Å². The maximum atomic E-state index is 10.7. The minimum Gasteiger partial charge on any atom is -0.612 e. The molecule has 0 amide bonds. The molecule has 0 radical (unpaired) electrons. The van der Waals surface area contributed by atoms with Crippen molar-refractivity contribution in [2.45, 2.75) is 0 Å². The van der Waals surface area contributed by atoms with Crippen molar-refractivity contribution in [2.24, 2.45) is 0 Å². The lowest BCUT2D eigenvalue weighted by atomic mass is 10.1. The van der Waals surface area contributed by atoms with E-state index in [1.165, 1.54) is 36.1 Å². The van der Waals surface area contributed by atoms with Crippen LogP contribution < -0.4 is 10.9 Å². The Kier molecular flexibility index (Phi) is 3.85. The third-order valence-electron chi connectivity index (χ3n) is 3.17. The van der Waals surface area contributed by atoms with Gasteiger partial charge in [-0.3, -0.25) is 10.9 Å². The molecule has 0 spiro atoms. The number of hydrogen-bond donors (Lipinski definition) is 2. The number of allylic oxidation sites excluding steroid dienone is 10. The maximum Gasteiger partial charge on any atom is 0.222 e. The van der Waals surface area contributed by atoms with E-state index in [4.69, 9.17) is 0 Å². The Balaban J connectivity index is 1.81. The summed E-state index contributed by atoms with van der Waals surface area (Å²) in [5.41, 5.74) is 7.68. The van der Waals surface area contributed by atoms with Gasteiger partial charge in [-0.15, -0.1) is 0 Å². The van der Waals surface area contributed by atoms with Gasteiger partial charge in [0.15, 0.2) is 0 Å². The van der Waals surface area contributed by atoms with Crippen LogP contribution in [0.1, 0.15) is 0 Å². The van der Waals surface area contributed by atoms with E-state index in [1.54, 1.807) is 24.3 Å². The molecule has 0 aromatic rings. The average Bonchev–Trinajstić information content (AvgIpc) is 3.05. The molecule has 2 aliphatic carbocycles. The molecule has 9 heteroatoms. The lowest BCUT2D eigenvalue weighted by Crippen LogP contribution is -2.21. The molecular weight excluding hydrogens is 320 g/mol. The smallest absolute Gasteiger partial charge is 0.222 e. The van der Waals surface area contributed by atoms with Gasteiger partial charge in [0.05, 0.1) is 0 Å². The van der Waals surface area contributed by atoms with Crippen LogP contribution in [0.25, 0.3) is 0 Å². The summed E-state index contributed by atoms with van der Waals surface area (Å²) >= 11 is 1.42. The molecule has 3 aliphatic rings. The standard InChI is InChI=1S/C14H10N4O4S/c19-17(20)11-5-1-9(2-6-11)13-15-16-14(23-13)10-3-7-12(8-4-10)18(21)22/h1-8,15-16H/q-2. The van der Waals surface area contributed by atoms with Crippen LogP contribution in [0.15, 0.2) is 69.8 Å². The molecule has 1 fully saturated rings. The van der Waals surface area contributed by atoms with Crippen LogP contribution in [0.4, 0.5) is 0 Å². The third-order valence-corrected chi connectivity index (χ3v) is 4.26. The van der Waals surface area contributed by atoms with E-state index < -0.39 is 9.80 Å². The topological polar surface area (TPSA) is 122 Å². The lowest BCUT2D eigenvalue weighted by molar-refractivity contribution is -0.377. The number of thioether (sulfide) groups is 1. The molecule has 1 heterocycles. The molecule has 8 nitrogen and oxygen atoms in total. The van der Waals surface area contributed by atoms with Gasteiger partial charge in [0.1, 0.15) is 10.1 Å². The fourth-order valence-corrected chi connectivity index (χ4v) is 2.91. The van der Waals surface area contributed by atoms with E-state index in [9.17, 15) is 20.8 Å². The molecule has 0 atom stereocenters. The van der Waals surface area contributed by atoms with Gasteiger partial charge in [-0.1, -0.05) is 11.8 Å². The Labute approximate surface area is 135 Å². The normalized spacial score (nSPS) is 19.3. The maximum absolute atomic E-state index is 10.7.